The molecule has 1 rings (SSSR count). The Hall–Kier alpha value is -1.03. The van der Waals surface area contributed by atoms with E-state index in [0.717, 1.165) is 5.56 Å². The van der Waals surface area contributed by atoms with E-state index in [1.165, 1.54) is 11.3 Å². The van der Waals surface area contributed by atoms with Crippen LogP contribution in [0.2, 0.25) is 0 Å². The van der Waals surface area contributed by atoms with Gasteiger partial charge in [-0.25, -0.2) is 4.79 Å². The first-order valence-corrected chi connectivity index (χ1v) is 4.52. The second kappa shape index (κ2) is 3.15. The van der Waals surface area contributed by atoms with Gasteiger partial charge in [-0.1, -0.05) is 13.8 Å². The molecule has 4 heteroatoms. The first-order valence-electron chi connectivity index (χ1n) is 3.64. The summed E-state index contributed by atoms with van der Waals surface area (Å²) < 4.78 is 0. The van der Waals surface area contributed by atoms with Gasteiger partial charge in [0.1, 0.15) is 4.88 Å². The number of aromatic carboxylic acids is 1. The van der Waals surface area contributed by atoms with Crippen LogP contribution in [-0.2, 0) is 0 Å². The quantitative estimate of drug-likeness (QED) is 0.742. The van der Waals surface area contributed by atoms with Gasteiger partial charge in [-0.05, 0) is 16.9 Å². The summed E-state index contributed by atoms with van der Waals surface area (Å²) in [7, 11) is 0. The van der Waals surface area contributed by atoms with Crippen molar-refractivity contribution in [3.63, 3.8) is 0 Å². The first kappa shape index (κ1) is 9.06. The van der Waals surface area contributed by atoms with Gasteiger partial charge in [0.05, 0.1) is 5.69 Å². The van der Waals surface area contributed by atoms with Gasteiger partial charge in [0.25, 0.3) is 0 Å². The highest BCUT2D eigenvalue weighted by molar-refractivity contribution is 7.12. The van der Waals surface area contributed by atoms with Crippen molar-refractivity contribution in [1.29, 1.82) is 0 Å². The summed E-state index contributed by atoms with van der Waals surface area (Å²) in [6.45, 7) is 3.98. The lowest BCUT2D eigenvalue weighted by molar-refractivity contribution is 0.0703. The number of hydrogen-bond acceptors (Lipinski definition) is 3. The fourth-order valence-corrected chi connectivity index (χ4v) is 1.98. The zero-order valence-electron chi connectivity index (χ0n) is 7.00. The molecule has 0 fully saturated rings. The molecule has 1 heterocycles. The second-order valence-electron chi connectivity index (χ2n) is 2.89. The van der Waals surface area contributed by atoms with E-state index in [-0.39, 0.29) is 10.8 Å². The smallest absolute Gasteiger partial charge is 0.348 e. The second-order valence-corrected chi connectivity index (χ2v) is 3.77. The highest BCUT2D eigenvalue weighted by Crippen LogP contribution is 2.30. The highest BCUT2D eigenvalue weighted by atomic mass is 32.1. The number of carboxylic acids is 1. The van der Waals surface area contributed by atoms with Crippen molar-refractivity contribution in [2.45, 2.75) is 19.8 Å². The molecule has 1 aromatic rings. The lowest BCUT2D eigenvalue weighted by Crippen LogP contribution is -2.00. The fourth-order valence-electron chi connectivity index (χ4n) is 0.993. The summed E-state index contributed by atoms with van der Waals surface area (Å²) in [6.07, 6.45) is 0. The summed E-state index contributed by atoms with van der Waals surface area (Å²) in [4.78, 5) is 10.8. The predicted octanol–water partition coefficient (Wildman–Crippen LogP) is 2.15. The Bertz CT molecular complexity index is 304. The molecule has 0 aliphatic rings. The minimum Gasteiger partial charge on any atom is -0.477 e. The highest BCUT2D eigenvalue weighted by Gasteiger charge is 2.15. The van der Waals surface area contributed by atoms with Gasteiger partial charge in [0.2, 0.25) is 0 Å². The van der Waals surface area contributed by atoms with Crippen molar-refractivity contribution < 1.29 is 9.90 Å². The van der Waals surface area contributed by atoms with Crippen LogP contribution in [0.4, 0.5) is 5.69 Å². The third kappa shape index (κ3) is 1.43. The number of hydrogen-bond donors (Lipinski definition) is 2. The van der Waals surface area contributed by atoms with Crippen molar-refractivity contribution in [1.82, 2.24) is 0 Å². The maximum absolute atomic E-state index is 10.6. The van der Waals surface area contributed by atoms with Crippen LogP contribution < -0.4 is 5.73 Å². The molecule has 0 saturated carbocycles. The Balaban J connectivity index is 3.13. The molecule has 0 aliphatic carbocycles. The van der Waals surface area contributed by atoms with Gasteiger partial charge in [-0.15, -0.1) is 11.3 Å². The number of rotatable bonds is 2. The molecule has 3 N–H and O–H groups in total. The van der Waals surface area contributed by atoms with E-state index in [2.05, 4.69) is 0 Å². The lowest BCUT2D eigenvalue weighted by Gasteiger charge is -2.02. The Morgan fingerprint density at radius 1 is 1.67 bits per heavy atom. The van der Waals surface area contributed by atoms with Crippen LogP contribution in [0.5, 0.6) is 0 Å². The molecule has 0 aliphatic heterocycles. The Morgan fingerprint density at radius 2 is 2.25 bits per heavy atom. The number of carboxylic acid groups (broad SMARTS) is 1. The SMILES string of the molecule is CC(C)c1csc(C(=O)O)c1N. The topological polar surface area (TPSA) is 63.3 Å². The van der Waals surface area contributed by atoms with Crippen molar-refractivity contribution in [3.8, 4) is 0 Å². The molecule has 3 nitrogen and oxygen atoms in total. The Labute approximate surface area is 74.8 Å². The zero-order chi connectivity index (χ0) is 9.30. The standard InChI is InChI=1S/C8H11NO2S/c1-4(2)5-3-12-7(6(5)9)8(10)11/h3-4H,9H2,1-2H3,(H,10,11). The molecule has 0 amide bonds. The van der Waals surface area contributed by atoms with E-state index in [1.807, 2.05) is 19.2 Å². The molecule has 0 spiro atoms. The zero-order valence-corrected chi connectivity index (χ0v) is 7.81. The summed E-state index contributed by atoms with van der Waals surface area (Å²) in [5.74, 6) is -0.654. The lowest BCUT2D eigenvalue weighted by atomic mass is 10.1. The van der Waals surface area contributed by atoms with Crippen LogP contribution in [0.25, 0.3) is 0 Å². The molecule has 0 aromatic carbocycles. The Kier molecular flexibility index (Phi) is 2.38. The summed E-state index contributed by atoms with van der Waals surface area (Å²) in [5, 5.41) is 10.5. The molecule has 1 aromatic heterocycles. The minimum absolute atomic E-state index is 0.249. The fraction of sp³-hybridized carbons (Fsp3) is 0.375. The minimum atomic E-state index is -0.940. The van der Waals surface area contributed by atoms with Crippen molar-refractivity contribution in [2.75, 3.05) is 5.73 Å². The molecule has 0 bridgehead atoms. The monoisotopic (exact) mass is 185 g/mol. The van der Waals surface area contributed by atoms with Crippen LogP contribution in [-0.4, -0.2) is 11.1 Å². The molecule has 0 radical (unpaired) electrons. The van der Waals surface area contributed by atoms with Gasteiger partial charge < -0.3 is 10.8 Å². The maximum Gasteiger partial charge on any atom is 0.348 e. The molecular formula is C8H11NO2S. The van der Waals surface area contributed by atoms with Gasteiger partial charge >= 0.3 is 5.97 Å². The van der Waals surface area contributed by atoms with E-state index >= 15 is 0 Å². The van der Waals surface area contributed by atoms with E-state index in [9.17, 15) is 4.79 Å². The Morgan fingerprint density at radius 3 is 2.50 bits per heavy atom. The van der Waals surface area contributed by atoms with Crippen LogP contribution >= 0.6 is 11.3 Å². The van der Waals surface area contributed by atoms with E-state index < -0.39 is 5.97 Å². The first-order chi connectivity index (χ1) is 5.54. The van der Waals surface area contributed by atoms with E-state index in [1.54, 1.807) is 0 Å². The van der Waals surface area contributed by atoms with E-state index in [0.29, 0.717) is 5.69 Å². The number of carbonyl (C=O) groups is 1. The third-order valence-electron chi connectivity index (χ3n) is 1.68. The molecule has 0 saturated heterocycles. The van der Waals surface area contributed by atoms with Gasteiger partial charge in [-0.2, -0.15) is 0 Å². The normalized spacial score (nSPS) is 10.6. The number of anilines is 1. The van der Waals surface area contributed by atoms with Gasteiger partial charge in [-0.3, -0.25) is 0 Å². The predicted molar refractivity (Wildman–Crippen MR) is 49.8 cm³/mol. The van der Waals surface area contributed by atoms with Crippen LogP contribution in [0.15, 0.2) is 5.38 Å². The van der Waals surface area contributed by atoms with Crippen molar-refractivity contribution >= 4 is 23.0 Å². The van der Waals surface area contributed by atoms with Gasteiger partial charge in [0.15, 0.2) is 0 Å². The van der Waals surface area contributed by atoms with Crippen LogP contribution in [0, 0.1) is 0 Å². The average molecular weight is 185 g/mol. The molecule has 12 heavy (non-hydrogen) atoms. The average Bonchev–Trinajstić information content (AvgIpc) is 2.30. The van der Waals surface area contributed by atoms with E-state index in [4.69, 9.17) is 10.8 Å². The molecule has 0 unspecified atom stereocenters. The van der Waals surface area contributed by atoms with Crippen LogP contribution in [0.3, 0.4) is 0 Å². The molecule has 66 valence electrons. The maximum atomic E-state index is 10.6. The van der Waals surface area contributed by atoms with Crippen molar-refractivity contribution in [2.24, 2.45) is 0 Å². The third-order valence-corrected chi connectivity index (χ3v) is 2.68. The van der Waals surface area contributed by atoms with Crippen molar-refractivity contribution in [3.05, 3.63) is 15.8 Å². The summed E-state index contributed by atoms with van der Waals surface area (Å²) >= 11 is 1.19. The molecule has 0 atom stereocenters. The summed E-state index contributed by atoms with van der Waals surface area (Å²) in [5.41, 5.74) is 6.98. The molecular weight excluding hydrogens is 174 g/mol. The largest absolute Gasteiger partial charge is 0.477 e. The number of thiophene rings is 1. The van der Waals surface area contributed by atoms with Crippen LogP contribution in [0.1, 0.15) is 35.0 Å². The number of nitrogens with two attached hydrogens (primary N) is 1. The summed E-state index contributed by atoms with van der Waals surface area (Å²) in [6, 6.07) is 0. The number of nitrogen functional groups attached to an aromatic ring is 1. The van der Waals surface area contributed by atoms with Gasteiger partial charge in [0, 0.05) is 0 Å².